The summed E-state index contributed by atoms with van der Waals surface area (Å²) >= 11 is 1.26. The molecule has 1 aliphatic rings. The van der Waals surface area contributed by atoms with E-state index in [4.69, 9.17) is 0 Å². The van der Waals surface area contributed by atoms with E-state index in [2.05, 4.69) is 30.6 Å². The summed E-state index contributed by atoms with van der Waals surface area (Å²) < 4.78 is 16.0. The maximum atomic E-state index is 14.1. The molecule has 3 N–H and O–H groups in total. The predicted octanol–water partition coefficient (Wildman–Crippen LogP) is 2.03. The molecule has 1 fully saturated rings. The van der Waals surface area contributed by atoms with E-state index in [1.54, 1.807) is 24.8 Å². The minimum Gasteiger partial charge on any atom is -0.391 e. The van der Waals surface area contributed by atoms with Crippen LogP contribution in [0.15, 0.2) is 55.3 Å². The van der Waals surface area contributed by atoms with Crippen molar-refractivity contribution in [1.29, 1.82) is 0 Å². The highest BCUT2D eigenvalue weighted by molar-refractivity contribution is 7.18. The number of likely N-dealkylation sites (tertiary alicyclic amines) is 1. The fourth-order valence-electron chi connectivity index (χ4n) is 4.51. The van der Waals surface area contributed by atoms with E-state index in [0.717, 1.165) is 5.52 Å². The molecule has 0 saturated carbocycles. The lowest BCUT2D eigenvalue weighted by molar-refractivity contribution is -0.135. The second kappa shape index (κ2) is 12.5. The number of thiazole rings is 1. The van der Waals surface area contributed by atoms with Crippen LogP contribution in [0.4, 0.5) is 15.3 Å². The van der Waals surface area contributed by atoms with Gasteiger partial charge in [0.05, 0.1) is 29.0 Å². The van der Waals surface area contributed by atoms with Crippen molar-refractivity contribution in [3.8, 4) is 10.6 Å². The molecule has 14 heteroatoms. The van der Waals surface area contributed by atoms with Crippen LogP contribution in [-0.4, -0.2) is 97.1 Å². The van der Waals surface area contributed by atoms with Crippen molar-refractivity contribution in [2.24, 2.45) is 0 Å². The second-order valence-corrected chi connectivity index (χ2v) is 10.9. The number of fused-ring (bicyclic) bond motifs is 1. The molecule has 5 heterocycles. The van der Waals surface area contributed by atoms with E-state index >= 15 is 0 Å². The van der Waals surface area contributed by atoms with Crippen molar-refractivity contribution in [2.75, 3.05) is 39.0 Å². The van der Waals surface area contributed by atoms with E-state index in [1.807, 2.05) is 29.6 Å². The zero-order valence-corrected chi connectivity index (χ0v) is 23.4. The van der Waals surface area contributed by atoms with Crippen LogP contribution in [0.25, 0.3) is 21.6 Å². The molecule has 41 heavy (non-hydrogen) atoms. The molecule has 12 nitrogen and oxygen atoms in total. The first-order chi connectivity index (χ1) is 19.8. The van der Waals surface area contributed by atoms with Gasteiger partial charge in [-0.2, -0.15) is 0 Å². The van der Waals surface area contributed by atoms with Crippen molar-refractivity contribution < 1.29 is 19.1 Å². The van der Waals surface area contributed by atoms with Crippen LogP contribution in [0.2, 0.25) is 0 Å². The van der Waals surface area contributed by atoms with Gasteiger partial charge in [-0.3, -0.25) is 14.6 Å². The number of hydrogen-bond acceptors (Lipinski definition) is 10. The third-order valence-electron chi connectivity index (χ3n) is 6.49. The third kappa shape index (κ3) is 6.73. The Morgan fingerprint density at radius 1 is 1.24 bits per heavy atom. The first kappa shape index (κ1) is 28.3. The Morgan fingerprint density at radius 3 is 2.90 bits per heavy atom. The van der Waals surface area contributed by atoms with Crippen molar-refractivity contribution >= 4 is 45.1 Å². The molecular formula is C27H30FN9O3S. The summed E-state index contributed by atoms with van der Waals surface area (Å²) in [6.45, 7) is 1.44. The van der Waals surface area contributed by atoms with Crippen LogP contribution >= 0.6 is 11.3 Å². The van der Waals surface area contributed by atoms with Crippen molar-refractivity contribution in [2.45, 2.75) is 25.1 Å². The van der Waals surface area contributed by atoms with Gasteiger partial charge in [0.25, 0.3) is 0 Å². The molecule has 0 bridgehead atoms. The molecule has 0 spiro atoms. The number of anilines is 2. The average molecular weight is 580 g/mol. The summed E-state index contributed by atoms with van der Waals surface area (Å²) in [5, 5.41) is 16.7. The molecule has 4 aromatic rings. The van der Waals surface area contributed by atoms with Crippen LogP contribution in [0, 0.1) is 5.82 Å². The molecule has 5 rings (SSSR count). The number of halogens is 1. The topological polar surface area (TPSA) is 141 Å². The Kier molecular flexibility index (Phi) is 8.61. The highest BCUT2D eigenvalue weighted by atomic mass is 32.1. The zero-order chi connectivity index (χ0) is 28.9. The third-order valence-corrected chi connectivity index (χ3v) is 7.41. The van der Waals surface area contributed by atoms with E-state index < -0.39 is 18.0 Å². The number of likely N-dealkylation sites (N-methyl/N-ethyl adjacent to an activating group) is 1. The lowest BCUT2D eigenvalue weighted by Crippen LogP contribution is -2.46. The SMILES string of the molecule is CN(C)C/C=C/C(=O)N1CC(O)CC1C(=O)NCCn1cnc2cnc(Nc3ncc(-c4ncccc4F)s3)cc21. The largest absolute Gasteiger partial charge is 0.391 e. The van der Waals surface area contributed by atoms with Crippen LogP contribution in [0.1, 0.15) is 6.42 Å². The average Bonchev–Trinajstić information content (AvgIpc) is 3.67. The number of aliphatic hydroxyl groups is 1. The molecule has 0 aliphatic carbocycles. The number of rotatable bonds is 10. The second-order valence-electron chi connectivity index (χ2n) is 9.84. The Balaban J connectivity index is 1.20. The number of aliphatic hydroxyl groups excluding tert-OH is 1. The van der Waals surface area contributed by atoms with Gasteiger partial charge in [0.15, 0.2) is 5.13 Å². The van der Waals surface area contributed by atoms with Gasteiger partial charge in [-0.05, 0) is 26.2 Å². The van der Waals surface area contributed by atoms with Crippen molar-refractivity contribution in [1.82, 2.24) is 39.6 Å². The molecule has 1 saturated heterocycles. The van der Waals surface area contributed by atoms with Gasteiger partial charge in [-0.25, -0.2) is 19.3 Å². The number of carbonyl (C=O) groups is 2. The van der Waals surface area contributed by atoms with Crippen LogP contribution in [0.3, 0.4) is 0 Å². The molecule has 0 aromatic carbocycles. The fraction of sp³-hybridized carbons (Fsp3) is 0.333. The lowest BCUT2D eigenvalue weighted by Gasteiger charge is -2.22. The molecule has 4 aromatic heterocycles. The number of aromatic nitrogens is 5. The summed E-state index contributed by atoms with van der Waals surface area (Å²) in [6, 6.07) is 3.98. The van der Waals surface area contributed by atoms with E-state index in [1.165, 1.54) is 40.6 Å². The Bertz CT molecular complexity index is 1570. The maximum Gasteiger partial charge on any atom is 0.247 e. The van der Waals surface area contributed by atoms with Gasteiger partial charge in [0, 0.05) is 57.1 Å². The van der Waals surface area contributed by atoms with Gasteiger partial charge in [0.2, 0.25) is 11.8 Å². The standard InChI is InChI=1S/C27H30FN9O3S/c1-35(2)9-4-6-24(39)37-15-17(38)11-21(37)26(40)30-8-10-36-16-33-19-13-31-23(12-20(19)36)34-27-32-14-22(41-27)25-18(28)5-3-7-29-25/h3-7,12-14,16-17,21,38H,8-11,15H2,1-2H3,(H,30,40)(H,31,32,34)/b6-4+. The van der Waals surface area contributed by atoms with Gasteiger partial charge in [-0.1, -0.05) is 17.4 Å². The molecule has 2 unspecified atom stereocenters. The maximum absolute atomic E-state index is 14.1. The number of imidazole rings is 1. The lowest BCUT2D eigenvalue weighted by atomic mass is 10.2. The van der Waals surface area contributed by atoms with Crippen LogP contribution in [0.5, 0.6) is 0 Å². The van der Waals surface area contributed by atoms with Gasteiger partial charge in [-0.15, -0.1) is 0 Å². The van der Waals surface area contributed by atoms with Gasteiger partial charge < -0.3 is 30.1 Å². The van der Waals surface area contributed by atoms with Gasteiger partial charge >= 0.3 is 0 Å². The summed E-state index contributed by atoms with van der Waals surface area (Å²) in [5.74, 6) is -0.497. The van der Waals surface area contributed by atoms with Crippen LogP contribution < -0.4 is 10.6 Å². The molecule has 0 radical (unpaired) electrons. The molecule has 214 valence electrons. The summed E-state index contributed by atoms with van der Waals surface area (Å²) in [5.41, 5.74) is 1.71. The number of nitrogens with zero attached hydrogens (tertiary/aromatic N) is 7. The number of pyridine rings is 2. The van der Waals surface area contributed by atoms with Gasteiger partial charge in [0.1, 0.15) is 28.9 Å². The summed E-state index contributed by atoms with van der Waals surface area (Å²) in [4.78, 5) is 46.7. The van der Waals surface area contributed by atoms with Crippen molar-refractivity contribution in [3.05, 3.63) is 61.1 Å². The summed E-state index contributed by atoms with van der Waals surface area (Å²) in [7, 11) is 3.79. The number of hydrogen-bond donors (Lipinski definition) is 3. The number of amides is 2. The smallest absolute Gasteiger partial charge is 0.247 e. The zero-order valence-electron chi connectivity index (χ0n) is 22.6. The Hall–Kier alpha value is -4.27. The number of carbonyl (C=O) groups excluding carboxylic acids is 2. The molecule has 1 aliphatic heterocycles. The molecule has 2 atom stereocenters. The number of β-amino-alcohol motifs (C(OH)–C–C–N with tert-alkyl or cyclic N) is 1. The van der Waals surface area contributed by atoms with E-state index in [9.17, 15) is 19.1 Å². The minimum absolute atomic E-state index is 0.121. The van der Waals surface area contributed by atoms with Crippen LogP contribution in [-0.2, 0) is 16.1 Å². The first-order valence-electron chi connectivity index (χ1n) is 13.0. The van der Waals surface area contributed by atoms with E-state index in [0.29, 0.717) is 41.0 Å². The molecular weight excluding hydrogens is 549 g/mol. The van der Waals surface area contributed by atoms with E-state index in [-0.39, 0.29) is 30.5 Å². The fourth-order valence-corrected chi connectivity index (χ4v) is 5.33. The highest BCUT2D eigenvalue weighted by Gasteiger charge is 2.37. The summed E-state index contributed by atoms with van der Waals surface area (Å²) in [6.07, 6.45) is 9.01. The highest BCUT2D eigenvalue weighted by Crippen LogP contribution is 2.31. The minimum atomic E-state index is -0.746. The Labute approximate surface area is 239 Å². The Morgan fingerprint density at radius 2 is 2.10 bits per heavy atom. The first-order valence-corrected chi connectivity index (χ1v) is 13.8. The normalized spacial score (nSPS) is 17.1. The quantitative estimate of drug-likeness (QED) is 0.241. The predicted molar refractivity (Wildman–Crippen MR) is 153 cm³/mol. The number of nitrogens with one attached hydrogen (secondary N) is 2. The monoisotopic (exact) mass is 579 g/mol. The molecule has 2 amide bonds. The van der Waals surface area contributed by atoms with Crippen molar-refractivity contribution in [3.63, 3.8) is 0 Å².